The van der Waals surface area contributed by atoms with Crippen molar-refractivity contribution >= 4 is 61.6 Å². The van der Waals surface area contributed by atoms with E-state index in [1.807, 2.05) is 0 Å². The van der Waals surface area contributed by atoms with Gasteiger partial charge in [-0.25, -0.2) is 8.42 Å². The average Bonchev–Trinajstić information content (AvgIpc) is 2.90. The van der Waals surface area contributed by atoms with Gasteiger partial charge in [0.15, 0.2) is 15.0 Å². The summed E-state index contributed by atoms with van der Waals surface area (Å²) in [6, 6.07) is 4.76. The fourth-order valence-electron chi connectivity index (χ4n) is 2.80. The number of carbonyl (C=O) groups is 1. The first-order chi connectivity index (χ1) is 11.5. The Bertz CT molecular complexity index is 842. The maximum absolute atomic E-state index is 12.4. The Labute approximate surface area is 161 Å². The van der Waals surface area contributed by atoms with Crippen molar-refractivity contribution in [2.45, 2.75) is 32.1 Å². The smallest absolute Gasteiger partial charge is 0.253 e. The molecule has 0 bridgehead atoms. The number of benzene rings is 1. The van der Waals surface area contributed by atoms with Crippen LogP contribution in [0.25, 0.3) is 0 Å². The Hall–Kier alpha value is -0.760. The van der Waals surface area contributed by atoms with Crippen LogP contribution >= 0.6 is 35.0 Å². The standard InChI is InChI=1S/C16H18Cl2N2O3S2/c1-16(2,3)14(21)19-15-20(13-9(17)5-4-6-10(13)18)11-7-25(22,23)8-12(11)24-15/h4-6,11-12H,7-8H2,1-3H3/t11-,12-/m1/s1. The monoisotopic (exact) mass is 420 g/mol. The van der Waals surface area contributed by atoms with Crippen LogP contribution in [0, 0.1) is 5.41 Å². The van der Waals surface area contributed by atoms with E-state index in [1.165, 1.54) is 11.8 Å². The van der Waals surface area contributed by atoms with Crippen LogP contribution in [0.1, 0.15) is 20.8 Å². The molecule has 2 aliphatic heterocycles. The number of hydrogen-bond donors (Lipinski definition) is 0. The average molecular weight is 421 g/mol. The molecular formula is C16H18Cl2N2O3S2. The molecule has 0 unspecified atom stereocenters. The van der Waals surface area contributed by atoms with E-state index in [-0.39, 0.29) is 28.7 Å². The Morgan fingerprint density at radius 3 is 2.40 bits per heavy atom. The largest absolute Gasteiger partial charge is 0.313 e. The van der Waals surface area contributed by atoms with Gasteiger partial charge in [-0.05, 0) is 12.1 Å². The molecular weight excluding hydrogens is 403 g/mol. The quantitative estimate of drug-likeness (QED) is 0.693. The summed E-state index contributed by atoms with van der Waals surface area (Å²) in [5, 5.41) is 1.06. The molecule has 0 N–H and O–H groups in total. The van der Waals surface area contributed by atoms with Crippen molar-refractivity contribution in [3.8, 4) is 0 Å². The van der Waals surface area contributed by atoms with Crippen LogP contribution in [0.2, 0.25) is 10.0 Å². The van der Waals surface area contributed by atoms with Crippen LogP contribution in [0.15, 0.2) is 23.2 Å². The van der Waals surface area contributed by atoms with Gasteiger partial charge in [0.25, 0.3) is 5.91 Å². The number of nitrogens with zero attached hydrogens (tertiary/aromatic N) is 2. The van der Waals surface area contributed by atoms with Gasteiger partial charge in [0.05, 0.1) is 33.3 Å². The Balaban J connectivity index is 2.11. The summed E-state index contributed by atoms with van der Waals surface area (Å²) in [5.41, 5.74) is -0.129. The minimum absolute atomic E-state index is 0.00501. The highest BCUT2D eigenvalue weighted by Crippen LogP contribution is 2.45. The molecule has 2 saturated heterocycles. The minimum atomic E-state index is -3.14. The van der Waals surface area contributed by atoms with Crippen LogP contribution in [0.3, 0.4) is 0 Å². The Morgan fingerprint density at radius 2 is 1.84 bits per heavy atom. The second-order valence-corrected chi connectivity index (χ2v) is 11.4. The van der Waals surface area contributed by atoms with Crippen molar-refractivity contribution < 1.29 is 13.2 Å². The van der Waals surface area contributed by atoms with E-state index in [0.29, 0.717) is 20.9 Å². The fourth-order valence-corrected chi connectivity index (χ4v) is 7.28. The molecule has 0 radical (unpaired) electrons. The molecule has 2 atom stereocenters. The van der Waals surface area contributed by atoms with Gasteiger partial charge in [0, 0.05) is 10.7 Å². The summed E-state index contributed by atoms with van der Waals surface area (Å²) in [6.07, 6.45) is 0. The number of amides is 1. The number of sulfone groups is 1. The van der Waals surface area contributed by atoms with E-state index < -0.39 is 15.3 Å². The molecule has 1 aromatic carbocycles. The first-order valence-electron chi connectivity index (χ1n) is 7.73. The van der Waals surface area contributed by atoms with Gasteiger partial charge in [-0.2, -0.15) is 4.99 Å². The number of thioether (sulfide) groups is 1. The van der Waals surface area contributed by atoms with Gasteiger partial charge in [-0.3, -0.25) is 4.79 Å². The fraction of sp³-hybridized carbons (Fsp3) is 0.500. The number of rotatable bonds is 1. The van der Waals surface area contributed by atoms with Gasteiger partial charge in [0.2, 0.25) is 0 Å². The number of hydrogen-bond acceptors (Lipinski definition) is 4. The summed E-state index contributed by atoms with van der Waals surface area (Å²) in [5.74, 6) is -0.218. The zero-order valence-corrected chi connectivity index (χ0v) is 17.1. The maximum Gasteiger partial charge on any atom is 0.253 e. The number of anilines is 1. The van der Waals surface area contributed by atoms with Gasteiger partial charge < -0.3 is 4.90 Å². The van der Waals surface area contributed by atoms with Gasteiger partial charge >= 0.3 is 0 Å². The van der Waals surface area contributed by atoms with Crippen molar-refractivity contribution in [1.82, 2.24) is 0 Å². The molecule has 3 rings (SSSR count). The molecule has 2 aliphatic rings. The summed E-state index contributed by atoms with van der Waals surface area (Å²) >= 11 is 14.0. The predicted molar refractivity (Wildman–Crippen MR) is 105 cm³/mol. The van der Waals surface area contributed by atoms with Gasteiger partial charge in [0.1, 0.15) is 0 Å². The molecule has 25 heavy (non-hydrogen) atoms. The summed E-state index contributed by atoms with van der Waals surface area (Å²) in [7, 11) is -3.14. The molecule has 1 aromatic rings. The number of halogens is 2. The molecule has 0 spiro atoms. The van der Waals surface area contributed by atoms with Crippen molar-refractivity contribution in [2.24, 2.45) is 10.4 Å². The first-order valence-corrected chi connectivity index (χ1v) is 11.2. The van der Waals surface area contributed by atoms with E-state index in [0.717, 1.165) is 0 Å². The molecule has 9 heteroatoms. The van der Waals surface area contributed by atoms with Crippen molar-refractivity contribution in [2.75, 3.05) is 16.4 Å². The van der Waals surface area contributed by atoms with Gasteiger partial charge in [-0.1, -0.05) is 61.8 Å². The molecule has 1 amide bonds. The van der Waals surface area contributed by atoms with Crippen LogP contribution in [0.5, 0.6) is 0 Å². The third-order valence-electron chi connectivity index (χ3n) is 4.08. The summed E-state index contributed by atoms with van der Waals surface area (Å²) in [4.78, 5) is 18.4. The highest BCUT2D eigenvalue weighted by atomic mass is 35.5. The van der Waals surface area contributed by atoms with Crippen LogP contribution in [-0.2, 0) is 14.6 Å². The third kappa shape index (κ3) is 3.70. The number of para-hydroxylation sites is 1. The number of amidine groups is 1. The maximum atomic E-state index is 12.4. The van der Waals surface area contributed by atoms with E-state index in [2.05, 4.69) is 4.99 Å². The Morgan fingerprint density at radius 1 is 1.24 bits per heavy atom. The third-order valence-corrected chi connectivity index (χ3v) is 7.90. The number of aliphatic imine (C=N–C) groups is 1. The van der Waals surface area contributed by atoms with E-state index >= 15 is 0 Å². The minimum Gasteiger partial charge on any atom is -0.313 e. The molecule has 0 aromatic heterocycles. The van der Waals surface area contributed by atoms with E-state index in [9.17, 15) is 13.2 Å². The van der Waals surface area contributed by atoms with E-state index in [4.69, 9.17) is 23.2 Å². The lowest BCUT2D eigenvalue weighted by atomic mass is 9.96. The molecule has 0 aliphatic carbocycles. The van der Waals surface area contributed by atoms with Crippen LogP contribution in [0.4, 0.5) is 5.69 Å². The normalized spacial score (nSPS) is 26.9. The summed E-state index contributed by atoms with van der Waals surface area (Å²) in [6.45, 7) is 5.37. The predicted octanol–water partition coefficient (Wildman–Crippen LogP) is 3.64. The first kappa shape index (κ1) is 19.0. The van der Waals surface area contributed by atoms with Crippen molar-refractivity contribution in [3.05, 3.63) is 28.2 Å². The zero-order valence-electron chi connectivity index (χ0n) is 14.0. The highest BCUT2D eigenvalue weighted by molar-refractivity contribution is 8.16. The van der Waals surface area contributed by atoms with Gasteiger partial charge in [-0.15, -0.1) is 0 Å². The lowest BCUT2D eigenvalue weighted by Crippen LogP contribution is -2.38. The van der Waals surface area contributed by atoms with Crippen molar-refractivity contribution in [1.29, 1.82) is 0 Å². The lowest BCUT2D eigenvalue weighted by Gasteiger charge is -2.27. The molecule has 2 heterocycles. The second kappa shape index (κ2) is 6.44. The highest BCUT2D eigenvalue weighted by Gasteiger charge is 2.50. The topological polar surface area (TPSA) is 66.8 Å². The molecule has 136 valence electrons. The SMILES string of the molecule is CC(C)(C)C(=O)N=C1S[C@@H]2CS(=O)(=O)C[C@H]2N1c1c(Cl)cccc1Cl. The second-order valence-electron chi connectivity index (χ2n) is 7.19. The number of fused-ring (bicyclic) bond motifs is 1. The molecule has 0 saturated carbocycles. The lowest BCUT2D eigenvalue weighted by molar-refractivity contribution is -0.124. The zero-order chi connectivity index (χ0) is 18.6. The van der Waals surface area contributed by atoms with Crippen LogP contribution < -0.4 is 4.90 Å². The summed E-state index contributed by atoms with van der Waals surface area (Å²) < 4.78 is 24.1. The molecule has 2 fully saturated rings. The van der Waals surface area contributed by atoms with Crippen LogP contribution in [-0.4, -0.2) is 42.3 Å². The molecule has 5 nitrogen and oxygen atoms in total. The Kier molecular flexibility index (Phi) is 4.90. The van der Waals surface area contributed by atoms with E-state index in [1.54, 1.807) is 43.9 Å². The van der Waals surface area contributed by atoms with Crippen molar-refractivity contribution in [3.63, 3.8) is 0 Å². The number of carbonyl (C=O) groups excluding carboxylic acids is 1.